The highest BCUT2D eigenvalue weighted by atomic mass is 35.5. The minimum atomic E-state index is -0.00168. The summed E-state index contributed by atoms with van der Waals surface area (Å²) in [6.45, 7) is 11.4. The monoisotopic (exact) mass is 307 g/mol. The van der Waals surface area contributed by atoms with Crippen LogP contribution >= 0.6 is 12.4 Å². The van der Waals surface area contributed by atoms with Gasteiger partial charge in [0.2, 0.25) is 5.91 Å². The maximum atomic E-state index is 11.8. The Morgan fingerprint density at radius 3 is 2.50 bits per heavy atom. The van der Waals surface area contributed by atoms with Crippen molar-refractivity contribution in [1.82, 2.24) is 15.5 Å². The first-order valence-electron chi connectivity index (χ1n) is 7.49. The Morgan fingerprint density at radius 2 is 1.95 bits per heavy atom. The molecule has 1 atom stereocenters. The lowest BCUT2D eigenvalue weighted by Gasteiger charge is -2.25. The van der Waals surface area contributed by atoms with Gasteiger partial charge in [0.15, 0.2) is 0 Å². The quantitative estimate of drug-likeness (QED) is 0.703. The molecule has 0 aromatic rings. The molecule has 5 nitrogen and oxygen atoms in total. The number of carbonyl (C=O) groups excluding carboxylic acids is 1. The van der Waals surface area contributed by atoms with Gasteiger partial charge in [-0.2, -0.15) is 0 Å². The summed E-state index contributed by atoms with van der Waals surface area (Å²) in [6, 6.07) is 0.170. The Labute approximate surface area is 129 Å². The maximum Gasteiger partial charge on any atom is 0.246 e. The topological polar surface area (TPSA) is 53.6 Å². The molecule has 1 fully saturated rings. The lowest BCUT2D eigenvalue weighted by atomic mass is 10.1. The first-order valence-corrected chi connectivity index (χ1v) is 7.49. The summed E-state index contributed by atoms with van der Waals surface area (Å²) in [5.74, 6) is -0.00168. The van der Waals surface area contributed by atoms with Crippen LogP contribution in [0.1, 0.15) is 33.6 Å². The van der Waals surface area contributed by atoms with E-state index < -0.39 is 0 Å². The molecule has 20 heavy (non-hydrogen) atoms. The zero-order valence-electron chi connectivity index (χ0n) is 13.0. The molecule has 1 unspecified atom stereocenters. The number of rotatable bonds is 8. The highest BCUT2D eigenvalue weighted by Gasteiger charge is 2.16. The van der Waals surface area contributed by atoms with Crippen molar-refractivity contribution in [2.75, 3.05) is 39.3 Å². The number of nitrogens with zero attached hydrogens (tertiary/aromatic N) is 1. The number of likely N-dealkylation sites (N-methyl/N-ethyl adjacent to an activating group) is 1. The van der Waals surface area contributed by atoms with Crippen LogP contribution in [0.25, 0.3) is 0 Å². The van der Waals surface area contributed by atoms with E-state index in [1.165, 1.54) is 0 Å². The number of piperidine rings is 1. The average molecular weight is 308 g/mol. The van der Waals surface area contributed by atoms with Crippen molar-refractivity contribution in [3.63, 3.8) is 0 Å². The third kappa shape index (κ3) is 8.04. The predicted octanol–water partition coefficient (Wildman–Crippen LogP) is 1.02. The first kappa shape index (κ1) is 19.6. The molecule has 0 aromatic heterocycles. The molecule has 1 amide bonds. The third-order valence-corrected chi connectivity index (χ3v) is 3.57. The van der Waals surface area contributed by atoms with E-state index in [-0.39, 0.29) is 37.1 Å². The summed E-state index contributed by atoms with van der Waals surface area (Å²) in [5.41, 5.74) is 0. The molecular weight excluding hydrogens is 278 g/mol. The summed E-state index contributed by atoms with van der Waals surface area (Å²) in [7, 11) is 0. The number of amides is 1. The summed E-state index contributed by atoms with van der Waals surface area (Å²) in [5, 5.41) is 6.28. The molecule has 1 aliphatic heterocycles. The first-order chi connectivity index (χ1) is 9.15. The van der Waals surface area contributed by atoms with E-state index in [0.29, 0.717) is 0 Å². The smallest absolute Gasteiger partial charge is 0.246 e. The second-order valence-corrected chi connectivity index (χ2v) is 5.21. The number of carbonyl (C=O) groups is 1. The van der Waals surface area contributed by atoms with Crippen molar-refractivity contribution < 1.29 is 9.53 Å². The van der Waals surface area contributed by atoms with Crippen LogP contribution in [0.2, 0.25) is 0 Å². The van der Waals surface area contributed by atoms with Crippen LogP contribution in [0.5, 0.6) is 0 Å². The van der Waals surface area contributed by atoms with Gasteiger partial charge in [-0.15, -0.1) is 12.4 Å². The minimum Gasteiger partial charge on any atom is -0.368 e. The fourth-order valence-corrected chi connectivity index (χ4v) is 2.39. The van der Waals surface area contributed by atoms with Crippen molar-refractivity contribution in [3.05, 3.63) is 0 Å². The highest BCUT2D eigenvalue weighted by Crippen LogP contribution is 2.06. The van der Waals surface area contributed by atoms with Gasteiger partial charge in [0.1, 0.15) is 6.61 Å². The Morgan fingerprint density at radius 1 is 1.35 bits per heavy atom. The molecule has 1 rings (SSSR count). The molecule has 0 aromatic carbocycles. The fraction of sp³-hybridized carbons (Fsp3) is 0.929. The summed E-state index contributed by atoms with van der Waals surface area (Å²) in [4.78, 5) is 14.1. The zero-order valence-corrected chi connectivity index (χ0v) is 13.8. The Kier molecular flexibility index (Phi) is 11.1. The van der Waals surface area contributed by atoms with Gasteiger partial charge in [-0.25, -0.2) is 0 Å². The lowest BCUT2D eigenvalue weighted by molar-refractivity contribution is -0.128. The fourth-order valence-electron chi connectivity index (χ4n) is 2.39. The van der Waals surface area contributed by atoms with Crippen molar-refractivity contribution in [2.45, 2.75) is 45.8 Å². The average Bonchev–Trinajstić information content (AvgIpc) is 2.43. The van der Waals surface area contributed by atoms with Gasteiger partial charge < -0.3 is 20.3 Å². The Balaban J connectivity index is 0.00000361. The van der Waals surface area contributed by atoms with Gasteiger partial charge in [0.25, 0.3) is 0 Å². The molecule has 1 aliphatic rings. The van der Waals surface area contributed by atoms with Gasteiger partial charge in [-0.05, 0) is 45.9 Å². The van der Waals surface area contributed by atoms with Gasteiger partial charge in [0.05, 0.1) is 6.10 Å². The third-order valence-electron chi connectivity index (χ3n) is 3.57. The van der Waals surface area contributed by atoms with Crippen molar-refractivity contribution in [1.29, 1.82) is 0 Å². The van der Waals surface area contributed by atoms with E-state index >= 15 is 0 Å². The Bertz CT molecular complexity index is 257. The minimum absolute atomic E-state index is 0. The highest BCUT2D eigenvalue weighted by molar-refractivity contribution is 5.85. The molecule has 2 N–H and O–H groups in total. The molecule has 1 saturated heterocycles. The van der Waals surface area contributed by atoms with E-state index in [9.17, 15) is 4.79 Å². The number of halogens is 1. The van der Waals surface area contributed by atoms with E-state index in [1.807, 2.05) is 6.92 Å². The van der Waals surface area contributed by atoms with Crippen molar-refractivity contribution in [3.8, 4) is 0 Å². The number of hydrogen-bond acceptors (Lipinski definition) is 4. The van der Waals surface area contributed by atoms with Crippen molar-refractivity contribution >= 4 is 18.3 Å². The number of nitrogens with one attached hydrogen (secondary N) is 2. The normalized spacial score (nSPS) is 17.6. The van der Waals surface area contributed by atoms with Crippen LogP contribution in [0.3, 0.4) is 0 Å². The van der Waals surface area contributed by atoms with Crippen molar-refractivity contribution in [2.24, 2.45) is 0 Å². The molecule has 0 bridgehead atoms. The molecule has 0 radical (unpaired) electrons. The number of ether oxygens (including phenoxy) is 1. The molecular formula is C14H30ClN3O2. The summed E-state index contributed by atoms with van der Waals surface area (Å²) >= 11 is 0. The molecule has 1 heterocycles. The molecule has 0 aliphatic carbocycles. The largest absolute Gasteiger partial charge is 0.368 e. The van der Waals surface area contributed by atoms with Gasteiger partial charge >= 0.3 is 0 Å². The van der Waals surface area contributed by atoms with Crippen LogP contribution < -0.4 is 10.6 Å². The SMILES string of the molecule is CCN(CC)CC(C)NC(=O)COC1CCNCC1.Cl. The lowest BCUT2D eigenvalue weighted by Crippen LogP contribution is -2.44. The summed E-state index contributed by atoms with van der Waals surface area (Å²) < 4.78 is 5.64. The van der Waals surface area contributed by atoms with Gasteiger partial charge in [-0.1, -0.05) is 13.8 Å². The second-order valence-electron chi connectivity index (χ2n) is 5.21. The predicted molar refractivity (Wildman–Crippen MR) is 84.5 cm³/mol. The zero-order chi connectivity index (χ0) is 14.1. The van der Waals surface area contributed by atoms with Gasteiger partial charge in [-0.3, -0.25) is 4.79 Å². The Hall–Kier alpha value is -0.360. The molecule has 120 valence electrons. The van der Waals surface area contributed by atoms with E-state index in [1.54, 1.807) is 0 Å². The van der Waals surface area contributed by atoms with E-state index in [2.05, 4.69) is 29.4 Å². The van der Waals surface area contributed by atoms with E-state index in [4.69, 9.17) is 4.74 Å². The molecule has 6 heteroatoms. The molecule has 0 spiro atoms. The number of hydrogen-bond donors (Lipinski definition) is 2. The van der Waals surface area contributed by atoms with Gasteiger partial charge in [0, 0.05) is 12.6 Å². The van der Waals surface area contributed by atoms with Crippen LogP contribution in [0.4, 0.5) is 0 Å². The maximum absolute atomic E-state index is 11.8. The van der Waals surface area contributed by atoms with E-state index in [0.717, 1.165) is 45.6 Å². The second kappa shape index (κ2) is 11.3. The molecule has 0 saturated carbocycles. The van der Waals surface area contributed by atoms with Crippen LogP contribution in [0, 0.1) is 0 Å². The van der Waals surface area contributed by atoms with Crippen LogP contribution in [0.15, 0.2) is 0 Å². The standard InChI is InChI=1S/C14H29N3O2.ClH/c1-4-17(5-2)10-12(3)16-14(18)11-19-13-6-8-15-9-7-13;/h12-13,15H,4-11H2,1-3H3,(H,16,18);1H. The van der Waals surface area contributed by atoms with Crippen LogP contribution in [-0.4, -0.2) is 62.3 Å². The summed E-state index contributed by atoms with van der Waals surface area (Å²) in [6.07, 6.45) is 2.25. The van der Waals surface area contributed by atoms with Crippen LogP contribution in [-0.2, 0) is 9.53 Å².